The zero-order valence-electron chi connectivity index (χ0n) is 10.3. The molecule has 0 saturated heterocycles. The van der Waals surface area contributed by atoms with E-state index < -0.39 is 0 Å². The number of furan rings is 1. The van der Waals surface area contributed by atoms with Crippen LogP contribution in [0.5, 0.6) is 0 Å². The fourth-order valence-corrected chi connectivity index (χ4v) is 3.17. The minimum atomic E-state index is 0.117. The Morgan fingerprint density at radius 1 is 1.50 bits per heavy atom. The smallest absolute Gasteiger partial charge is 0.169 e. The second kappa shape index (κ2) is 4.08. The molecule has 2 rings (SSSR count). The molecule has 0 N–H and O–H groups in total. The van der Waals surface area contributed by atoms with Gasteiger partial charge in [-0.25, -0.2) is 0 Å². The van der Waals surface area contributed by atoms with Crippen LogP contribution in [0.4, 0.5) is 0 Å². The lowest BCUT2D eigenvalue weighted by atomic mass is 9.62. The van der Waals surface area contributed by atoms with E-state index in [1.54, 1.807) is 18.6 Å². The van der Waals surface area contributed by atoms with Crippen molar-refractivity contribution in [2.24, 2.45) is 17.3 Å². The minimum absolute atomic E-state index is 0.117. The number of Topliss-reactive ketones (excluding diaryl/α,β-unsaturated/α-hetero) is 1. The largest absolute Gasteiger partial charge is 0.472 e. The first-order chi connectivity index (χ1) is 7.52. The van der Waals surface area contributed by atoms with Gasteiger partial charge in [-0.15, -0.1) is 0 Å². The van der Waals surface area contributed by atoms with Crippen molar-refractivity contribution in [2.75, 3.05) is 0 Å². The van der Waals surface area contributed by atoms with Crippen molar-refractivity contribution in [3.05, 3.63) is 24.2 Å². The highest BCUT2D eigenvalue weighted by atomic mass is 16.3. The summed E-state index contributed by atoms with van der Waals surface area (Å²) >= 11 is 0. The molecule has 1 saturated carbocycles. The molecule has 0 amide bonds. The van der Waals surface area contributed by atoms with Gasteiger partial charge in [-0.1, -0.05) is 27.2 Å². The summed E-state index contributed by atoms with van der Waals surface area (Å²) in [5.74, 6) is 0.871. The summed E-state index contributed by atoms with van der Waals surface area (Å²) in [5, 5.41) is 0. The lowest BCUT2D eigenvalue weighted by Crippen LogP contribution is -2.39. The summed E-state index contributed by atoms with van der Waals surface area (Å²) in [6, 6.07) is 1.78. The number of carbonyl (C=O) groups excluding carboxylic acids is 1. The molecule has 0 spiro atoms. The molecule has 2 heteroatoms. The first-order valence-corrected chi connectivity index (χ1v) is 6.09. The molecule has 1 aromatic heterocycles. The minimum Gasteiger partial charge on any atom is -0.472 e. The number of rotatable bonds is 2. The number of hydrogen-bond acceptors (Lipinski definition) is 2. The Balaban J connectivity index is 2.26. The molecule has 1 aromatic rings. The van der Waals surface area contributed by atoms with E-state index in [1.807, 2.05) is 0 Å². The Labute approximate surface area is 97.0 Å². The molecule has 0 aliphatic heterocycles. The van der Waals surface area contributed by atoms with Gasteiger partial charge in [-0.2, -0.15) is 0 Å². The standard InChI is InChI=1S/C14H20O2/c1-10-5-4-7-14(2,3)12(10)13(15)11-6-8-16-9-11/h6,8-10,12H,4-5,7H2,1-3H3/t10-,12-/m0/s1. The van der Waals surface area contributed by atoms with Crippen molar-refractivity contribution in [3.63, 3.8) is 0 Å². The van der Waals surface area contributed by atoms with Gasteiger partial charge in [-0.3, -0.25) is 4.79 Å². The molecule has 1 fully saturated rings. The van der Waals surface area contributed by atoms with Gasteiger partial charge in [0.2, 0.25) is 0 Å². The first kappa shape index (κ1) is 11.4. The third-order valence-electron chi connectivity index (χ3n) is 3.98. The summed E-state index contributed by atoms with van der Waals surface area (Å²) in [6.45, 7) is 6.63. The summed E-state index contributed by atoms with van der Waals surface area (Å²) in [4.78, 5) is 12.4. The Morgan fingerprint density at radius 2 is 2.25 bits per heavy atom. The maximum Gasteiger partial charge on any atom is 0.169 e. The Bertz CT molecular complexity index is 362. The van der Waals surface area contributed by atoms with E-state index in [0.717, 1.165) is 18.4 Å². The van der Waals surface area contributed by atoms with E-state index in [4.69, 9.17) is 4.42 Å². The normalized spacial score (nSPS) is 28.9. The maximum absolute atomic E-state index is 12.4. The van der Waals surface area contributed by atoms with Gasteiger partial charge < -0.3 is 4.42 Å². The van der Waals surface area contributed by atoms with Crippen LogP contribution < -0.4 is 0 Å². The highest BCUT2D eigenvalue weighted by molar-refractivity contribution is 5.98. The van der Waals surface area contributed by atoms with Crippen LogP contribution in [0.15, 0.2) is 23.0 Å². The van der Waals surface area contributed by atoms with Gasteiger partial charge in [0.25, 0.3) is 0 Å². The average Bonchev–Trinajstić information content (AvgIpc) is 2.68. The molecule has 0 bridgehead atoms. The summed E-state index contributed by atoms with van der Waals surface area (Å²) in [7, 11) is 0. The van der Waals surface area contributed by atoms with Gasteiger partial charge >= 0.3 is 0 Å². The highest BCUT2D eigenvalue weighted by Crippen LogP contribution is 2.45. The van der Waals surface area contributed by atoms with Crippen molar-refractivity contribution in [1.29, 1.82) is 0 Å². The van der Waals surface area contributed by atoms with Crippen LogP contribution >= 0.6 is 0 Å². The predicted octanol–water partition coefficient (Wildman–Crippen LogP) is 3.92. The summed E-state index contributed by atoms with van der Waals surface area (Å²) in [6.07, 6.45) is 6.69. The third-order valence-corrected chi connectivity index (χ3v) is 3.98. The molecule has 2 atom stereocenters. The van der Waals surface area contributed by atoms with Gasteiger partial charge in [0, 0.05) is 5.92 Å². The predicted molar refractivity (Wildman–Crippen MR) is 63.3 cm³/mol. The van der Waals surface area contributed by atoms with Crippen molar-refractivity contribution in [1.82, 2.24) is 0 Å². The highest BCUT2D eigenvalue weighted by Gasteiger charge is 2.41. The van der Waals surface area contributed by atoms with Gasteiger partial charge in [-0.05, 0) is 30.2 Å². The average molecular weight is 220 g/mol. The Kier molecular flexibility index (Phi) is 2.92. The number of hydrogen-bond donors (Lipinski definition) is 0. The van der Waals surface area contributed by atoms with Crippen molar-refractivity contribution in [3.8, 4) is 0 Å². The maximum atomic E-state index is 12.4. The molecule has 0 aromatic carbocycles. The molecule has 16 heavy (non-hydrogen) atoms. The van der Waals surface area contributed by atoms with E-state index in [1.165, 1.54) is 6.42 Å². The van der Waals surface area contributed by atoms with Gasteiger partial charge in [0.15, 0.2) is 5.78 Å². The fourth-order valence-electron chi connectivity index (χ4n) is 3.17. The molecule has 1 aliphatic carbocycles. The topological polar surface area (TPSA) is 30.2 Å². The Hall–Kier alpha value is -1.05. The van der Waals surface area contributed by atoms with Crippen LogP contribution in [0, 0.1) is 17.3 Å². The van der Waals surface area contributed by atoms with E-state index in [2.05, 4.69) is 20.8 Å². The lowest BCUT2D eigenvalue weighted by molar-refractivity contribution is 0.0539. The molecule has 88 valence electrons. The van der Waals surface area contributed by atoms with Crippen LogP contribution in [0.2, 0.25) is 0 Å². The molecular weight excluding hydrogens is 200 g/mol. The van der Waals surface area contributed by atoms with E-state index >= 15 is 0 Å². The van der Waals surface area contributed by atoms with Crippen LogP contribution in [-0.4, -0.2) is 5.78 Å². The SMILES string of the molecule is C[C@H]1CCCC(C)(C)[C@@H]1C(=O)c1ccoc1. The van der Waals surface area contributed by atoms with Gasteiger partial charge in [0.1, 0.15) is 6.26 Å². The number of carbonyl (C=O) groups is 1. The third kappa shape index (κ3) is 1.93. The quantitative estimate of drug-likeness (QED) is 0.707. The van der Waals surface area contributed by atoms with Crippen LogP contribution in [-0.2, 0) is 0 Å². The molecule has 1 heterocycles. The van der Waals surface area contributed by atoms with Crippen LogP contribution in [0.3, 0.4) is 0 Å². The second-order valence-corrected chi connectivity index (χ2v) is 5.71. The fraction of sp³-hybridized carbons (Fsp3) is 0.643. The van der Waals surface area contributed by atoms with Crippen molar-refractivity contribution >= 4 is 5.78 Å². The molecular formula is C14H20O2. The monoisotopic (exact) mass is 220 g/mol. The molecule has 0 unspecified atom stereocenters. The summed E-state index contributed by atoms with van der Waals surface area (Å²) < 4.78 is 5.01. The Morgan fingerprint density at radius 3 is 2.81 bits per heavy atom. The van der Waals surface area contributed by atoms with Gasteiger partial charge in [0.05, 0.1) is 11.8 Å². The van der Waals surface area contributed by atoms with E-state index in [0.29, 0.717) is 5.92 Å². The number of ketones is 1. The zero-order valence-corrected chi connectivity index (χ0v) is 10.3. The zero-order chi connectivity index (χ0) is 11.8. The van der Waals surface area contributed by atoms with E-state index in [9.17, 15) is 4.79 Å². The van der Waals surface area contributed by atoms with Crippen molar-refractivity contribution < 1.29 is 9.21 Å². The first-order valence-electron chi connectivity index (χ1n) is 6.09. The van der Waals surface area contributed by atoms with Crippen LogP contribution in [0.1, 0.15) is 50.4 Å². The van der Waals surface area contributed by atoms with Crippen molar-refractivity contribution in [2.45, 2.75) is 40.0 Å². The molecule has 2 nitrogen and oxygen atoms in total. The van der Waals surface area contributed by atoms with E-state index in [-0.39, 0.29) is 17.1 Å². The second-order valence-electron chi connectivity index (χ2n) is 5.71. The lowest BCUT2D eigenvalue weighted by Gasteiger charge is -2.41. The molecule has 1 aliphatic rings. The summed E-state index contributed by atoms with van der Waals surface area (Å²) in [5.41, 5.74) is 0.846. The molecule has 0 radical (unpaired) electrons. The van der Waals surface area contributed by atoms with Crippen LogP contribution in [0.25, 0.3) is 0 Å².